The third-order valence-corrected chi connectivity index (χ3v) is 2.90. The number of hydrogen-bond acceptors (Lipinski definition) is 4. The van der Waals surface area contributed by atoms with Crippen LogP contribution in [-0.4, -0.2) is 41.0 Å². The maximum atomic E-state index is 4.37. The molecule has 0 saturated carbocycles. The van der Waals surface area contributed by atoms with E-state index in [1.54, 1.807) is 0 Å². The monoisotopic (exact) mass is 206 g/mol. The molecule has 2 rings (SSSR count). The molecule has 15 heavy (non-hydrogen) atoms. The second kappa shape index (κ2) is 4.68. The summed E-state index contributed by atoms with van der Waals surface area (Å²) >= 11 is 0. The second-order valence-corrected chi connectivity index (χ2v) is 4.21. The summed E-state index contributed by atoms with van der Waals surface area (Å²) in [6.45, 7) is 5.07. The molecule has 1 N–H and O–H groups in total. The highest BCUT2D eigenvalue weighted by Crippen LogP contribution is 2.09. The van der Waals surface area contributed by atoms with E-state index in [9.17, 15) is 0 Å². The Morgan fingerprint density at radius 3 is 2.93 bits per heavy atom. The van der Waals surface area contributed by atoms with Crippen LogP contribution in [0.15, 0.2) is 12.4 Å². The summed E-state index contributed by atoms with van der Waals surface area (Å²) in [5, 5.41) is 3.37. The molecule has 82 valence electrons. The zero-order valence-electron chi connectivity index (χ0n) is 9.40. The zero-order valence-corrected chi connectivity index (χ0v) is 9.40. The third kappa shape index (κ3) is 2.73. The highest BCUT2D eigenvalue weighted by atomic mass is 15.2. The van der Waals surface area contributed by atoms with Gasteiger partial charge in [-0.3, -0.25) is 14.9 Å². The molecule has 1 aliphatic heterocycles. The van der Waals surface area contributed by atoms with E-state index >= 15 is 0 Å². The Hall–Kier alpha value is -1.00. The molecule has 1 aliphatic rings. The SMILES string of the molecule is Cc1cnc(CN(C)C2CCNC2)cn1. The molecule has 1 fully saturated rings. The maximum absolute atomic E-state index is 4.37. The molecule has 0 amide bonds. The van der Waals surface area contributed by atoms with Crippen molar-refractivity contribution in [1.29, 1.82) is 0 Å². The van der Waals surface area contributed by atoms with Gasteiger partial charge in [-0.25, -0.2) is 0 Å². The minimum atomic E-state index is 0.646. The molecule has 4 heteroatoms. The van der Waals surface area contributed by atoms with Crippen molar-refractivity contribution in [2.45, 2.75) is 25.9 Å². The van der Waals surface area contributed by atoms with Gasteiger partial charge in [0.15, 0.2) is 0 Å². The van der Waals surface area contributed by atoms with Crippen molar-refractivity contribution < 1.29 is 0 Å². The van der Waals surface area contributed by atoms with Gasteiger partial charge in [-0.15, -0.1) is 0 Å². The van der Waals surface area contributed by atoms with Crippen LogP contribution < -0.4 is 5.32 Å². The lowest BCUT2D eigenvalue weighted by Crippen LogP contribution is -2.33. The summed E-state index contributed by atoms with van der Waals surface area (Å²) in [4.78, 5) is 11.0. The van der Waals surface area contributed by atoms with Crippen molar-refractivity contribution in [3.05, 3.63) is 23.8 Å². The van der Waals surface area contributed by atoms with Gasteiger partial charge in [0, 0.05) is 31.5 Å². The standard InChI is InChI=1S/C11H18N4/c1-9-5-14-10(6-13-9)8-15(2)11-3-4-12-7-11/h5-6,11-12H,3-4,7-8H2,1-2H3. The van der Waals surface area contributed by atoms with Crippen LogP contribution in [0, 0.1) is 6.92 Å². The Balaban J connectivity index is 1.92. The van der Waals surface area contributed by atoms with E-state index in [2.05, 4.69) is 27.2 Å². The molecule has 1 aromatic rings. The second-order valence-electron chi connectivity index (χ2n) is 4.21. The van der Waals surface area contributed by atoms with Crippen LogP contribution in [0.25, 0.3) is 0 Å². The summed E-state index contributed by atoms with van der Waals surface area (Å²) in [5.41, 5.74) is 2.03. The van der Waals surface area contributed by atoms with Crippen LogP contribution in [0.4, 0.5) is 0 Å². The van der Waals surface area contributed by atoms with E-state index in [1.807, 2.05) is 19.3 Å². The highest BCUT2D eigenvalue weighted by Gasteiger charge is 2.19. The van der Waals surface area contributed by atoms with Crippen molar-refractivity contribution in [1.82, 2.24) is 20.2 Å². The Kier molecular flexibility index (Phi) is 3.28. The molecule has 1 saturated heterocycles. The summed E-state index contributed by atoms with van der Waals surface area (Å²) < 4.78 is 0. The molecule has 0 aliphatic carbocycles. The first-order chi connectivity index (χ1) is 7.25. The first kappa shape index (κ1) is 10.5. The quantitative estimate of drug-likeness (QED) is 0.785. The van der Waals surface area contributed by atoms with Gasteiger partial charge in [-0.05, 0) is 26.9 Å². The lowest BCUT2D eigenvalue weighted by atomic mass is 10.2. The first-order valence-electron chi connectivity index (χ1n) is 5.44. The van der Waals surface area contributed by atoms with E-state index in [0.717, 1.165) is 31.0 Å². The van der Waals surface area contributed by atoms with Crippen molar-refractivity contribution in [3.8, 4) is 0 Å². The fourth-order valence-electron chi connectivity index (χ4n) is 1.90. The molecule has 0 bridgehead atoms. The van der Waals surface area contributed by atoms with E-state index in [4.69, 9.17) is 0 Å². The van der Waals surface area contributed by atoms with Crippen LogP contribution in [0.1, 0.15) is 17.8 Å². The number of nitrogens with one attached hydrogen (secondary N) is 1. The van der Waals surface area contributed by atoms with Gasteiger partial charge in [-0.1, -0.05) is 0 Å². The molecule has 4 nitrogen and oxygen atoms in total. The molecular formula is C11H18N4. The maximum Gasteiger partial charge on any atom is 0.0727 e. The topological polar surface area (TPSA) is 41.1 Å². The zero-order chi connectivity index (χ0) is 10.7. The Bertz CT molecular complexity index is 303. The number of aromatic nitrogens is 2. The Labute approximate surface area is 90.7 Å². The molecule has 1 atom stereocenters. The first-order valence-corrected chi connectivity index (χ1v) is 5.44. The van der Waals surface area contributed by atoms with E-state index in [-0.39, 0.29) is 0 Å². The average molecular weight is 206 g/mol. The highest BCUT2D eigenvalue weighted by molar-refractivity contribution is 5.00. The van der Waals surface area contributed by atoms with Crippen LogP contribution in [-0.2, 0) is 6.54 Å². The van der Waals surface area contributed by atoms with Gasteiger partial charge >= 0.3 is 0 Å². The minimum Gasteiger partial charge on any atom is -0.315 e. The normalized spacial score (nSPS) is 21.1. The minimum absolute atomic E-state index is 0.646. The lowest BCUT2D eigenvalue weighted by molar-refractivity contribution is 0.246. The number of rotatable bonds is 3. The summed E-state index contributed by atoms with van der Waals surface area (Å²) in [7, 11) is 2.15. The molecule has 0 radical (unpaired) electrons. The predicted octanol–water partition coefficient (Wildman–Crippen LogP) is 0.579. The van der Waals surface area contributed by atoms with E-state index in [1.165, 1.54) is 6.42 Å². The molecular weight excluding hydrogens is 188 g/mol. The van der Waals surface area contributed by atoms with Crippen LogP contribution >= 0.6 is 0 Å². The number of aryl methyl sites for hydroxylation is 1. The van der Waals surface area contributed by atoms with Gasteiger partial charge in [0.1, 0.15) is 0 Å². The Morgan fingerprint density at radius 1 is 1.47 bits per heavy atom. The largest absolute Gasteiger partial charge is 0.315 e. The average Bonchev–Trinajstić information content (AvgIpc) is 2.74. The van der Waals surface area contributed by atoms with Crippen molar-refractivity contribution >= 4 is 0 Å². The summed E-state index contributed by atoms with van der Waals surface area (Å²) in [6, 6.07) is 0.646. The van der Waals surface area contributed by atoms with E-state index < -0.39 is 0 Å². The van der Waals surface area contributed by atoms with Crippen molar-refractivity contribution in [2.75, 3.05) is 20.1 Å². The molecule has 0 aromatic carbocycles. The van der Waals surface area contributed by atoms with Gasteiger partial charge < -0.3 is 5.32 Å². The lowest BCUT2D eigenvalue weighted by Gasteiger charge is -2.22. The third-order valence-electron chi connectivity index (χ3n) is 2.90. The predicted molar refractivity (Wildman–Crippen MR) is 59.5 cm³/mol. The molecule has 1 aromatic heterocycles. The number of nitrogens with zero attached hydrogens (tertiary/aromatic N) is 3. The summed E-state index contributed by atoms with van der Waals surface area (Å²) in [5.74, 6) is 0. The number of hydrogen-bond donors (Lipinski definition) is 1. The summed E-state index contributed by atoms with van der Waals surface area (Å²) in [6.07, 6.45) is 4.93. The van der Waals surface area contributed by atoms with Gasteiger partial charge in [0.2, 0.25) is 0 Å². The van der Waals surface area contributed by atoms with Gasteiger partial charge in [-0.2, -0.15) is 0 Å². The van der Waals surface area contributed by atoms with Crippen molar-refractivity contribution in [3.63, 3.8) is 0 Å². The molecule has 2 heterocycles. The fraction of sp³-hybridized carbons (Fsp3) is 0.636. The van der Waals surface area contributed by atoms with Crippen LogP contribution in [0.2, 0.25) is 0 Å². The fourth-order valence-corrected chi connectivity index (χ4v) is 1.90. The van der Waals surface area contributed by atoms with Gasteiger partial charge in [0.05, 0.1) is 11.4 Å². The molecule has 1 unspecified atom stereocenters. The van der Waals surface area contributed by atoms with Crippen LogP contribution in [0.5, 0.6) is 0 Å². The Morgan fingerprint density at radius 2 is 2.33 bits per heavy atom. The smallest absolute Gasteiger partial charge is 0.0727 e. The van der Waals surface area contributed by atoms with Crippen molar-refractivity contribution in [2.24, 2.45) is 0 Å². The van der Waals surface area contributed by atoms with Gasteiger partial charge in [0.25, 0.3) is 0 Å². The number of likely N-dealkylation sites (N-methyl/N-ethyl adjacent to an activating group) is 1. The van der Waals surface area contributed by atoms with Crippen LogP contribution in [0.3, 0.4) is 0 Å². The molecule has 0 spiro atoms. The van der Waals surface area contributed by atoms with E-state index in [0.29, 0.717) is 6.04 Å².